The van der Waals surface area contributed by atoms with Crippen molar-refractivity contribution >= 4 is 17.4 Å². The first-order valence-corrected chi connectivity index (χ1v) is 8.37. The van der Waals surface area contributed by atoms with Crippen molar-refractivity contribution in [3.8, 4) is 6.07 Å². The Bertz CT molecular complexity index is 1010. The van der Waals surface area contributed by atoms with Crippen LogP contribution in [0, 0.1) is 11.3 Å². The maximum absolute atomic E-state index is 12.5. The van der Waals surface area contributed by atoms with Gasteiger partial charge in [0.15, 0.2) is 0 Å². The molecule has 0 aliphatic carbocycles. The first kappa shape index (κ1) is 15.9. The summed E-state index contributed by atoms with van der Waals surface area (Å²) in [5, 5.41) is 12.8. The fourth-order valence-electron chi connectivity index (χ4n) is 3.26. The lowest BCUT2D eigenvalue weighted by Crippen LogP contribution is -2.30. The van der Waals surface area contributed by atoms with E-state index in [1.165, 1.54) is 17.3 Å². The molecule has 0 bridgehead atoms. The molecule has 6 heteroatoms. The van der Waals surface area contributed by atoms with Gasteiger partial charge < -0.3 is 10.6 Å². The van der Waals surface area contributed by atoms with Gasteiger partial charge in [-0.2, -0.15) is 15.0 Å². The molecule has 2 N–H and O–H groups in total. The molecule has 6 nitrogen and oxygen atoms in total. The first-order valence-electron chi connectivity index (χ1n) is 8.37. The maximum atomic E-state index is 12.5. The Hall–Kier alpha value is -3.59. The number of aromatic nitrogens is 2. The number of fused-ring (bicyclic) bond motifs is 1. The topological polar surface area (TPSA) is 87.9 Å². The van der Waals surface area contributed by atoms with Crippen LogP contribution >= 0.6 is 0 Å². The molecule has 0 atom stereocenters. The summed E-state index contributed by atoms with van der Waals surface area (Å²) in [6, 6.07) is 17.8. The summed E-state index contributed by atoms with van der Waals surface area (Å²) in [7, 11) is 0. The van der Waals surface area contributed by atoms with E-state index in [2.05, 4.69) is 34.3 Å². The number of carbonyl (C=O) groups excluding carboxylic acids is 1. The minimum Gasteiger partial charge on any atom is -0.382 e. The van der Waals surface area contributed by atoms with Crippen LogP contribution in [0.3, 0.4) is 0 Å². The highest BCUT2D eigenvalue weighted by Crippen LogP contribution is 2.25. The standard InChI is InChI=1S/C20H17N5O/c21-11-17-12-23-25(19(17)22)20(26)15-5-7-18(8-6-15)24-10-9-14-3-1-2-4-16(14)13-24/h1-8,12H,9-10,13,22H2. The Labute approximate surface area is 151 Å². The molecular formula is C20H17N5O. The molecule has 1 aromatic heterocycles. The molecule has 26 heavy (non-hydrogen) atoms. The number of benzene rings is 2. The lowest BCUT2D eigenvalue weighted by Gasteiger charge is -2.30. The number of rotatable bonds is 2. The molecule has 1 aliphatic rings. The monoisotopic (exact) mass is 343 g/mol. The largest absolute Gasteiger partial charge is 0.382 e. The number of carbonyl (C=O) groups is 1. The molecule has 0 spiro atoms. The second kappa shape index (κ2) is 6.37. The van der Waals surface area contributed by atoms with E-state index in [0.29, 0.717) is 5.56 Å². The molecule has 3 aromatic rings. The zero-order chi connectivity index (χ0) is 18.1. The zero-order valence-electron chi connectivity index (χ0n) is 14.1. The molecular weight excluding hydrogens is 326 g/mol. The minimum atomic E-state index is -0.348. The summed E-state index contributed by atoms with van der Waals surface area (Å²) in [4.78, 5) is 14.8. The van der Waals surface area contributed by atoms with Crippen molar-refractivity contribution in [1.29, 1.82) is 5.26 Å². The van der Waals surface area contributed by atoms with Crippen molar-refractivity contribution in [2.75, 3.05) is 17.2 Å². The van der Waals surface area contributed by atoms with Gasteiger partial charge in [0.1, 0.15) is 17.5 Å². The van der Waals surface area contributed by atoms with Crippen LogP contribution in [0.25, 0.3) is 0 Å². The number of nitrogens with two attached hydrogens (primary N) is 1. The molecule has 0 saturated carbocycles. The van der Waals surface area contributed by atoms with Gasteiger partial charge in [-0.25, -0.2) is 0 Å². The Balaban J connectivity index is 1.55. The molecule has 2 aromatic carbocycles. The molecule has 2 heterocycles. The van der Waals surface area contributed by atoms with Gasteiger partial charge in [0.25, 0.3) is 5.91 Å². The molecule has 128 valence electrons. The number of hydrogen-bond acceptors (Lipinski definition) is 5. The van der Waals surface area contributed by atoms with Gasteiger partial charge in [-0.05, 0) is 41.8 Å². The van der Waals surface area contributed by atoms with Crippen molar-refractivity contribution in [1.82, 2.24) is 9.78 Å². The molecule has 4 rings (SSSR count). The third-order valence-electron chi connectivity index (χ3n) is 4.73. The number of nitriles is 1. The van der Waals surface area contributed by atoms with Gasteiger partial charge >= 0.3 is 0 Å². The summed E-state index contributed by atoms with van der Waals surface area (Å²) in [5.41, 5.74) is 10.3. The third kappa shape index (κ3) is 2.70. The lowest BCUT2D eigenvalue weighted by atomic mass is 9.99. The van der Waals surface area contributed by atoms with Gasteiger partial charge in [0.05, 0.1) is 6.20 Å². The van der Waals surface area contributed by atoms with Gasteiger partial charge in [-0.15, -0.1) is 0 Å². The van der Waals surface area contributed by atoms with Crippen molar-refractivity contribution in [2.45, 2.75) is 13.0 Å². The van der Waals surface area contributed by atoms with Crippen LogP contribution in [0.1, 0.15) is 27.0 Å². The molecule has 0 fully saturated rings. The second-order valence-corrected chi connectivity index (χ2v) is 6.26. The highest BCUT2D eigenvalue weighted by Gasteiger charge is 2.18. The van der Waals surface area contributed by atoms with Gasteiger partial charge in [-0.3, -0.25) is 4.79 Å². The predicted octanol–water partition coefficient (Wildman–Crippen LogP) is 2.59. The van der Waals surface area contributed by atoms with Crippen molar-refractivity contribution in [3.63, 3.8) is 0 Å². The van der Waals surface area contributed by atoms with Crippen LogP contribution in [-0.2, 0) is 13.0 Å². The van der Waals surface area contributed by atoms with Crippen LogP contribution in [0.2, 0.25) is 0 Å². The van der Waals surface area contributed by atoms with Gasteiger partial charge in [0.2, 0.25) is 0 Å². The van der Waals surface area contributed by atoms with E-state index < -0.39 is 0 Å². The Kier molecular flexibility index (Phi) is 3.90. The number of nitrogen functional groups attached to an aromatic ring is 1. The average Bonchev–Trinajstić information content (AvgIpc) is 3.07. The number of anilines is 2. The summed E-state index contributed by atoms with van der Waals surface area (Å²) in [5.74, 6) is -0.284. The summed E-state index contributed by atoms with van der Waals surface area (Å²) < 4.78 is 1.06. The van der Waals surface area contributed by atoms with Gasteiger partial charge in [-0.1, -0.05) is 24.3 Å². The van der Waals surface area contributed by atoms with Crippen molar-refractivity contribution in [2.24, 2.45) is 0 Å². The van der Waals surface area contributed by atoms with Crippen LogP contribution < -0.4 is 10.6 Å². The van der Waals surface area contributed by atoms with Crippen LogP contribution in [0.15, 0.2) is 54.7 Å². The van der Waals surface area contributed by atoms with E-state index in [1.54, 1.807) is 12.1 Å². The quantitative estimate of drug-likeness (QED) is 0.773. The zero-order valence-corrected chi connectivity index (χ0v) is 14.1. The van der Waals surface area contributed by atoms with Crippen LogP contribution in [0.4, 0.5) is 11.5 Å². The van der Waals surface area contributed by atoms with Crippen LogP contribution in [0.5, 0.6) is 0 Å². The highest BCUT2D eigenvalue weighted by atomic mass is 16.2. The Morgan fingerprint density at radius 3 is 2.54 bits per heavy atom. The molecule has 0 unspecified atom stereocenters. The van der Waals surface area contributed by atoms with Crippen molar-refractivity contribution in [3.05, 3.63) is 77.0 Å². The molecule has 0 saturated heterocycles. The minimum absolute atomic E-state index is 0.0641. The fraction of sp³-hybridized carbons (Fsp3) is 0.150. The van der Waals surface area contributed by atoms with Gasteiger partial charge in [0, 0.05) is 24.3 Å². The Morgan fingerprint density at radius 1 is 1.12 bits per heavy atom. The fourth-order valence-corrected chi connectivity index (χ4v) is 3.26. The van der Waals surface area contributed by atoms with E-state index in [1.807, 2.05) is 18.2 Å². The summed E-state index contributed by atoms with van der Waals surface area (Å²) in [6.45, 7) is 1.81. The van der Waals surface area contributed by atoms with E-state index in [0.717, 1.165) is 29.9 Å². The molecule has 0 radical (unpaired) electrons. The summed E-state index contributed by atoms with van der Waals surface area (Å²) >= 11 is 0. The predicted molar refractivity (Wildman–Crippen MR) is 98.7 cm³/mol. The van der Waals surface area contributed by atoms with E-state index >= 15 is 0 Å². The molecule has 1 aliphatic heterocycles. The SMILES string of the molecule is N#Cc1cnn(C(=O)c2ccc(N3CCc4ccccc4C3)cc2)c1N. The number of hydrogen-bond donors (Lipinski definition) is 1. The smallest absolute Gasteiger partial charge is 0.280 e. The highest BCUT2D eigenvalue weighted by molar-refractivity contribution is 5.97. The normalized spacial score (nSPS) is 13.1. The van der Waals surface area contributed by atoms with E-state index in [4.69, 9.17) is 11.0 Å². The average molecular weight is 343 g/mol. The van der Waals surface area contributed by atoms with Crippen molar-refractivity contribution < 1.29 is 4.79 Å². The Morgan fingerprint density at radius 2 is 1.85 bits per heavy atom. The van der Waals surface area contributed by atoms with Crippen LogP contribution in [-0.4, -0.2) is 22.2 Å². The first-order chi connectivity index (χ1) is 12.7. The maximum Gasteiger partial charge on any atom is 0.280 e. The lowest BCUT2D eigenvalue weighted by molar-refractivity contribution is 0.0948. The third-order valence-corrected chi connectivity index (χ3v) is 4.73. The van der Waals surface area contributed by atoms with E-state index in [-0.39, 0.29) is 17.3 Å². The second-order valence-electron chi connectivity index (χ2n) is 6.26. The molecule has 0 amide bonds. The summed E-state index contributed by atoms with van der Waals surface area (Å²) in [6.07, 6.45) is 2.31. The number of nitrogens with zero attached hydrogens (tertiary/aromatic N) is 4. The van der Waals surface area contributed by atoms with E-state index in [9.17, 15) is 4.79 Å².